The molecule has 2 aromatic heterocycles. The molecule has 4 rings (SSSR count). The molecule has 0 bridgehead atoms. The Hall–Kier alpha value is -3.18. The third-order valence-corrected chi connectivity index (χ3v) is 5.12. The highest BCUT2D eigenvalue weighted by atomic mass is 15.3. The van der Waals surface area contributed by atoms with Crippen LogP contribution < -0.4 is 5.32 Å². The molecule has 2 aromatic carbocycles. The molecule has 5 heteroatoms. The van der Waals surface area contributed by atoms with E-state index in [-0.39, 0.29) is 0 Å². The fourth-order valence-electron chi connectivity index (χ4n) is 3.54. The van der Waals surface area contributed by atoms with Crippen molar-refractivity contribution in [2.75, 3.05) is 6.54 Å². The largest absolute Gasteiger partial charge is 0.313 e. The van der Waals surface area contributed by atoms with Gasteiger partial charge in [0.05, 0.1) is 18.4 Å². The summed E-state index contributed by atoms with van der Waals surface area (Å²) >= 11 is 0. The van der Waals surface area contributed by atoms with Crippen LogP contribution in [0.2, 0.25) is 0 Å². The first-order valence-electron chi connectivity index (χ1n) is 10.1. The Labute approximate surface area is 171 Å². The first-order chi connectivity index (χ1) is 14.3. The lowest BCUT2D eigenvalue weighted by atomic mass is 10.1. The molecule has 0 spiro atoms. The molecule has 0 aliphatic heterocycles. The maximum Gasteiger partial charge on any atom is 0.0968 e. The number of rotatable bonds is 9. The third kappa shape index (κ3) is 5.00. The standard InChI is InChI=1S/C24H27N5/c1-19-22(16-26-27-19)13-8-14-25-15-23-18-29(17-20-9-4-2-5-10-20)28-24(23)21-11-6-3-7-12-21/h2-7,9-12,16,18,25H,8,13-15,17H2,1H3,(H,26,27). The molecule has 0 aliphatic rings. The van der Waals surface area contributed by atoms with Crippen molar-refractivity contribution >= 4 is 0 Å². The first kappa shape index (κ1) is 19.2. The van der Waals surface area contributed by atoms with Gasteiger partial charge in [-0.3, -0.25) is 9.78 Å². The minimum atomic E-state index is 0.778. The molecule has 0 unspecified atom stereocenters. The maximum atomic E-state index is 4.89. The number of aromatic nitrogens is 4. The Morgan fingerprint density at radius 1 is 0.966 bits per heavy atom. The van der Waals surface area contributed by atoms with E-state index in [2.05, 4.69) is 77.2 Å². The van der Waals surface area contributed by atoms with Gasteiger partial charge >= 0.3 is 0 Å². The molecule has 29 heavy (non-hydrogen) atoms. The Kier molecular flexibility index (Phi) is 6.17. The van der Waals surface area contributed by atoms with Crippen molar-refractivity contribution in [1.82, 2.24) is 25.3 Å². The lowest BCUT2D eigenvalue weighted by molar-refractivity contribution is 0.646. The number of hydrogen-bond donors (Lipinski definition) is 2. The third-order valence-electron chi connectivity index (χ3n) is 5.12. The van der Waals surface area contributed by atoms with E-state index in [1.807, 2.05) is 23.0 Å². The van der Waals surface area contributed by atoms with Gasteiger partial charge in [-0.05, 0) is 37.4 Å². The number of nitrogens with one attached hydrogen (secondary N) is 2. The second-order valence-corrected chi connectivity index (χ2v) is 7.35. The SMILES string of the molecule is Cc1[nH]ncc1CCCNCc1cn(Cc2ccccc2)nc1-c1ccccc1. The monoisotopic (exact) mass is 385 g/mol. The van der Waals surface area contributed by atoms with Crippen LogP contribution in [0.15, 0.2) is 73.1 Å². The lowest BCUT2D eigenvalue weighted by Gasteiger charge is -2.05. The number of benzene rings is 2. The number of aryl methyl sites for hydroxylation is 2. The summed E-state index contributed by atoms with van der Waals surface area (Å²) in [4.78, 5) is 0. The minimum Gasteiger partial charge on any atom is -0.313 e. The van der Waals surface area contributed by atoms with Crippen LogP contribution in [-0.2, 0) is 19.5 Å². The molecule has 148 valence electrons. The Morgan fingerprint density at radius 3 is 2.45 bits per heavy atom. The summed E-state index contributed by atoms with van der Waals surface area (Å²) in [6.45, 7) is 4.62. The van der Waals surface area contributed by atoms with Crippen LogP contribution >= 0.6 is 0 Å². The van der Waals surface area contributed by atoms with E-state index in [4.69, 9.17) is 5.10 Å². The fraction of sp³-hybridized carbons (Fsp3) is 0.250. The molecule has 4 aromatic rings. The molecule has 2 heterocycles. The number of nitrogens with zero attached hydrogens (tertiary/aromatic N) is 3. The zero-order chi connectivity index (χ0) is 19.9. The average Bonchev–Trinajstić information content (AvgIpc) is 3.35. The van der Waals surface area contributed by atoms with Crippen LogP contribution in [0.4, 0.5) is 0 Å². The van der Waals surface area contributed by atoms with Gasteiger partial charge in [-0.15, -0.1) is 0 Å². The average molecular weight is 386 g/mol. The molecule has 0 aliphatic carbocycles. The molecule has 0 fully saturated rings. The summed E-state index contributed by atoms with van der Waals surface area (Å²) in [5, 5.41) is 15.6. The quantitative estimate of drug-likeness (QED) is 0.421. The molecule has 2 N–H and O–H groups in total. The Morgan fingerprint density at radius 2 is 1.72 bits per heavy atom. The van der Waals surface area contributed by atoms with E-state index < -0.39 is 0 Å². The van der Waals surface area contributed by atoms with E-state index in [1.54, 1.807) is 0 Å². The van der Waals surface area contributed by atoms with Gasteiger partial charge in [0.15, 0.2) is 0 Å². The Bertz CT molecular complexity index is 1020. The van der Waals surface area contributed by atoms with Crippen molar-refractivity contribution in [2.24, 2.45) is 0 Å². The van der Waals surface area contributed by atoms with Gasteiger partial charge in [0.2, 0.25) is 0 Å². The summed E-state index contributed by atoms with van der Waals surface area (Å²) in [5.41, 5.74) is 7.16. The molecule has 5 nitrogen and oxygen atoms in total. The second kappa shape index (κ2) is 9.34. The van der Waals surface area contributed by atoms with Crippen LogP contribution in [0.25, 0.3) is 11.3 Å². The van der Waals surface area contributed by atoms with E-state index in [9.17, 15) is 0 Å². The van der Waals surface area contributed by atoms with Crippen LogP contribution in [0.3, 0.4) is 0 Å². The van der Waals surface area contributed by atoms with E-state index in [0.29, 0.717) is 0 Å². The molecule has 0 saturated carbocycles. The highest BCUT2D eigenvalue weighted by Gasteiger charge is 2.11. The van der Waals surface area contributed by atoms with Crippen LogP contribution in [0, 0.1) is 6.92 Å². The predicted molar refractivity (Wildman–Crippen MR) is 117 cm³/mol. The van der Waals surface area contributed by atoms with Crippen molar-refractivity contribution in [2.45, 2.75) is 32.9 Å². The van der Waals surface area contributed by atoms with Crippen molar-refractivity contribution in [1.29, 1.82) is 0 Å². The maximum absolute atomic E-state index is 4.89. The van der Waals surface area contributed by atoms with Gasteiger partial charge in [-0.2, -0.15) is 10.2 Å². The summed E-state index contributed by atoms with van der Waals surface area (Å²) in [7, 11) is 0. The summed E-state index contributed by atoms with van der Waals surface area (Å²) in [6, 6.07) is 20.9. The zero-order valence-corrected chi connectivity index (χ0v) is 16.8. The van der Waals surface area contributed by atoms with Crippen molar-refractivity contribution in [3.05, 3.63) is 95.4 Å². The molecular weight excluding hydrogens is 358 g/mol. The highest BCUT2D eigenvalue weighted by Crippen LogP contribution is 2.22. The van der Waals surface area contributed by atoms with E-state index in [0.717, 1.165) is 43.7 Å². The highest BCUT2D eigenvalue weighted by molar-refractivity contribution is 5.62. The summed E-state index contributed by atoms with van der Waals surface area (Å²) < 4.78 is 2.05. The summed E-state index contributed by atoms with van der Waals surface area (Å²) in [6.07, 6.45) is 6.21. The van der Waals surface area contributed by atoms with Crippen molar-refractivity contribution < 1.29 is 0 Å². The fourth-order valence-corrected chi connectivity index (χ4v) is 3.54. The van der Waals surface area contributed by atoms with Crippen LogP contribution in [-0.4, -0.2) is 26.5 Å². The predicted octanol–water partition coefficient (Wildman–Crippen LogP) is 4.35. The normalized spacial score (nSPS) is 11.1. The number of H-pyrrole nitrogens is 1. The molecule has 0 saturated heterocycles. The number of aromatic amines is 1. The molecule has 0 amide bonds. The zero-order valence-electron chi connectivity index (χ0n) is 16.8. The van der Waals surface area contributed by atoms with Gasteiger partial charge in [-0.1, -0.05) is 60.7 Å². The van der Waals surface area contributed by atoms with E-state index in [1.165, 1.54) is 22.4 Å². The van der Waals surface area contributed by atoms with Gasteiger partial charge in [0.1, 0.15) is 0 Å². The van der Waals surface area contributed by atoms with Crippen LogP contribution in [0.5, 0.6) is 0 Å². The first-order valence-corrected chi connectivity index (χ1v) is 10.1. The molecular formula is C24H27N5. The smallest absolute Gasteiger partial charge is 0.0968 e. The minimum absolute atomic E-state index is 0.778. The number of hydrogen-bond acceptors (Lipinski definition) is 3. The van der Waals surface area contributed by atoms with Crippen molar-refractivity contribution in [3.63, 3.8) is 0 Å². The van der Waals surface area contributed by atoms with Gasteiger partial charge in [-0.25, -0.2) is 0 Å². The van der Waals surface area contributed by atoms with Crippen molar-refractivity contribution in [3.8, 4) is 11.3 Å². The topological polar surface area (TPSA) is 58.5 Å². The second-order valence-electron chi connectivity index (χ2n) is 7.35. The molecule has 0 radical (unpaired) electrons. The van der Waals surface area contributed by atoms with E-state index >= 15 is 0 Å². The van der Waals surface area contributed by atoms with Crippen LogP contribution in [0.1, 0.15) is 28.8 Å². The molecule has 0 atom stereocenters. The Balaban J connectivity index is 1.42. The van der Waals surface area contributed by atoms with Gasteiger partial charge in [0.25, 0.3) is 0 Å². The van der Waals surface area contributed by atoms with Gasteiger partial charge < -0.3 is 5.32 Å². The lowest BCUT2D eigenvalue weighted by Crippen LogP contribution is -2.15. The van der Waals surface area contributed by atoms with Gasteiger partial charge in [0, 0.05) is 29.6 Å². The summed E-state index contributed by atoms with van der Waals surface area (Å²) in [5.74, 6) is 0.